The highest BCUT2D eigenvalue weighted by Crippen LogP contribution is 2.20. The maximum atomic E-state index is 4.73. The van der Waals surface area contributed by atoms with Gasteiger partial charge in [0.2, 0.25) is 5.95 Å². The third-order valence-corrected chi connectivity index (χ3v) is 5.17. The second-order valence-corrected chi connectivity index (χ2v) is 7.39. The first-order chi connectivity index (χ1) is 13.7. The van der Waals surface area contributed by atoms with Crippen LogP contribution in [0.1, 0.15) is 16.7 Å². The number of rotatable bonds is 5. The van der Waals surface area contributed by atoms with Crippen LogP contribution in [0.4, 0.5) is 17.5 Å². The zero-order valence-corrected chi connectivity index (χ0v) is 16.6. The molecule has 0 bridgehead atoms. The van der Waals surface area contributed by atoms with Crippen molar-refractivity contribution in [3.63, 3.8) is 0 Å². The van der Waals surface area contributed by atoms with E-state index in [4.69, 9.17) is 4.98 Å². The highest BCUT2D eigenvalue weighted by atomic mass is 15.3. The minimum Gasteiger partial charge on any atom is -0.368 e. The predicted molar refractivity (Wildman–Crippen MR) is 116 cm³/mol. The molecule has 1 fully saturated rings. The molecule has 0 unspecified atom stereocenters. The van der Waals surface area contributed by atoms with Crippen LogP contribution in [0.5, 0.6) is 0 Å². The fraction of sp³-hybridized carbons (Fsp3) is 0.304. The summed E-state index contributed by atoms with van der Waals surface area (Å²) in [5, 5.41) is 3.41. The number of anilines is 3. The topological polar surface area (TPSA) is 44.3 Å². The quantitative estimate of drug-likeness (QED) is 0.731. The van der Waals surface area contributed by atoms with Gasteiger partial charge in [-0.05, 0) is 43.2 Å². The SMILES string of the molecule is Cc1ccc(CNc2ccnc(N3CCN(c4cccc(C)c4)CC3)n2)cc1. The van der Waals surface area contributed by atoms with E-state index in [1.54, 1.807) is 0 Å². The van der Waals surface area contributed by atoms with Crippen LogP contribution in [0.2, 0.25) is 0 Å². The smallest absolute Gasteiger partial charge is 0.227 e. The number of hydrogen-bond donors (Lipinski definition) is 1. The summed E-state index contributed by atoms with van der Waals surface area (Å²) in [4.78, 5) is 13.9. The molecule has 2 aromatic carbocycles. The predicted octanol–water partition coefficient (Wildman–Crippen LogP) is 4.03. The van der Waals surface area contributed by atoms with Crippen molar-refractivity contribution in [2.45, 2.75) is 20.4 Å². The fourth-order valence-corrected chi connectivity index (χ4v) is 3.49. The van der Waals surface area contributed by atoms with Gasteiger partial charge in [-0.15, -0.1) is 0 Å². The molecule has 2 heterocycles. The van der Waals surface area contributed by atoms with E-state index in [1.807, 2.05) is 12.3 Å². The summed E-state index contributed by atoms with van der Waals surface area (Å²) >= 11 is 0. The van der Waals surface area contributed by atoms with Gasteiger partial charge in [0.05, 0.1) is 0 Å². The maximum absolute atomic E-state index is 4.73. The van der Waals surface area contributed by atoms with E-state index in [-0.39, 0.29) is 0 Å². The molecule has 0 atom stereocenters. The molecule has 5 heteroatoms. The molecule has 144 valence electrons. The summed E-state index contributed by atoms with van der Waals surface area (Å²) in [7, 11) is 0. The van der Waals surface area contributed by atoms with Gasteiger partial charge in [0, 0.05) is 44.6 Å². The molecule has 1 N–H and O–H groups in total. The highest BCUT2D eigenvalue weighted by molar-refractivity contribution is 5.50. The molecule has 0 radical (unpaired) electrons. The number of nitrogens with zero attached hydrogens (tertiary/aromatic N) is 4. The lowest BCUT2D eigenvalue weighted by molar-refractivity contribution is 0.640. The summed E-state index contributed by atoms with van der Waals surface area (Å²) < 4.78 is 0. The van der Waals surface area contributed by atoms with Crippen molar-refractivity contribution in [2.75, 3.05) is 41.3 Å². The molecule has 5 nitrogen and oxygen atoms in total. The molecule has 0 spiro atoms. The number of aryl methyl sites for hydroxylation is 2. The van der Waals surface area contributed by atoms with Crippen molar-refractivity contribution in [1.29, 1.82) is 0 Å². The Hall–Kier alpha value is -3.08. The molecular weight excluding hydrogens is 346 g/mol. The number of piperazine rings is 1. The van der Waals surface area contributed by atoms with Crippen LogP contribution in [0.3, 0.4) is 0 Å². The first kappa shape index (κ1) is 18.3. The third kappa shape index (κ3) is 4.42. The lowest BCUT2D eigenvalue weighted by atomic mass is 10.1. The number of benzene rings is 2. The second-order valence-electron chi connectivity index (χ2n) is 7.39. The normalized spacial score (nSPS) is 14.2. The van der Waals surface area contributed by atoms with Gasteiger partial charge in [-0.1, -0.05) is 42.0 Å². The number of aromatic nitrogens is 2. The van der Waals surface area contributed by atoms with Crippen LogP contribution in [-0.2, 0) is 6.54 Å². The molecule has 1 aliphatic heterocycles. The van der Waals surface area contributed by atoms with Crippen LogP contribution < -0.4 is 15.1 Å². The van der Waals surface area contributed by atoms with Crippen LogP contribution in [0, 0.1) is 13.8 Å². The second kappa shape index (κ2) is 8.30. The molecule has 3 aromatic rings. The summed E-state index contributed by atoms with van der Waals surface area (Å²) in [5.41, 5.74) is 5.13. The Kier molecular flexibility index (Phi) is 5.42. The monoisotopic (exact) mass is 373 g/mol. The van der Waals surface area contributed by atoms with Gasteiger partial charge in [0.15, 0.2) is 0 Å². The van der Waals surface area contributed by atoms with Crippen molar-refractivity contribution < 1.29 is 0 Å². The first-order valence-corrected chi connectivity index (χ1v) is 9.86. The van der Waals surface area contributed by atoms with Gasteiger partial charge in [0.1, 0.15) is 5.82 Å². The van der Waals surface area contributed by atoms with Crippen molar-refractivity contribution in [3.8, 4) is 0 Å². The fourth-order valence-electron chi connectivity index (χ4n) is 3.49. The molecule has 1 aliphatic rings. The van der Waals surface area contributed by atoms with Gasteiger partial charge in [-0.25, -0.2) is 4.98 Å². The average molecular weight is 374 g/mol. The Morgan fingerprint density at radius 3 is 2.36 bits per heavy atom. The lowest BCUT2D eigenvalue weighted by Gasteiger charge is -2.36. The Labute approximate surface area is 167 Å². The highest BCUT2D eigenvalue weighted by Gasteiger charge is 2.19. The average Bonchev–Trinajstić information content (AvgIpc) is 2.74. The van der Waals surface area contributed by atoms with Crippen molar-refractivity contribution in [2.24, 2.45) is 0 Å². The van der Waals surface area contributed by atoms with Gasteiger partial charge in [-0.2, -0.15) is 4.98 Å². The van der Waals surface area contributed by atoms with E-state index in [1.165, 1.54) is 22.4 Å². The van der Waals surface area contributed by atoms with Gasteiger partial charge < -0.3 is 15.1 Å². The lowest BCUT2D eigenvalue weighted by Crippen LogP contribution is -2.47. The Morgan fingerprint density at radius 1 is 0.857 bits per heavy atom. The molecule has 0 aliphatic carbocycles. The Bertz CT molecular complexity index is 914. The first-order valence-electron chi connectivity index (χ1n) is 9.86. The van der Waals surface area contributed by atoms with E-state index in [0.29, 0.717) is 0 Å². The van der Waals surface area contributed by atoms with Gasteiger partial charge in [-0.3, -0.25) is 0 Å². The van der Waals surface area contributed by atoms with Gasteiger partial charge in [0.25, 0.3) is 0 Å². The van der Waals surface area contributed by atoms with E-state index in [9.17, 15) is 0 Å². The van der Waals surface area contributed by atoms with Crippen LogP contribution >= 0.6 is 0 Å². The molecule has 4 rings (SSSR count). The Balaban J connectivity index is 1.36. The molecule has 1 saturated heterocycles. The molecule has 28 heavy (non-hydrogen) atoms. The molecule has 0 saturated carbocycles. The molecule has 1 aromatic heterocycles. The van der Waals surface area contributed by atoms with Crippen molar-refractivity contribution >= 4 is 17.5 Å². The van der Waals surface area contributed by atoms with Crippen molar-refractivity contribution in [3.05, 3.63) is 77.5 Å². The maximum Gasteiger partial charge on any atom is 0.227 e. The van der Waals surface area contributed by atoms with E-state index >= 15 is 0 Å². The summed E-state index contributed by atoms with van der Waals surface area (Å²) in [6.07, 6.45) is 1.84. The standard InChI is InChI=1S/C23H27N5/c1-18-6-8-20(9-7-18)17-25-22-10-11-24-23(26-22)28-14-12-27(13-15-28)21-5-3-4-19(2)16-21/h3-11,16H,12-15,17H2,1-2H3,(H,24,25,26). The summed E-state index contributed by atoms with van der Waals surface area (Å²) in [5.74, 6) is 1.67. The van der Waals surface area contributed by atoms with E-state index < -0.39 is 0 Å². The third-order valence-electron chi connectivity index (χ3n) is 5.17. The van der Waals surface area contributed by atoms with Crippen LogP contribution in [0.25, 0.3) is 0 Å². The van der Waals surface area contributed by atoms with Crippen molar-refractivity contribution in [1.82, 2.24) is 9.97 Å². The van der Waals surface area contributed by atoms with Crippen LogP contribution in [-0.4, -0.2) is 36.1 Å². The summed E-state index contributed by atoms with van der Waals surface area (Å²) in [6.45, 7) is 8.82. The minimum absolute atomic E-state index is 0.762. The van der Waals surface area contributed by atoms with E-state index in [0.717, 1.165) is 44.5 Å². The summed E-state index contributed by atoms with van der Waals surface area (Å²) in [6, 6.07) is 19.2. The zero-order chi connectivity index (χ0) is 19.3. The van der Waals surface area contributed by atoms with Gasteiger partial charge >= 0.3 is 0 Å². The molecular formula is C23H27N5. The van der Waals surface area contributed by atoms with E-state index in [2.05, 4.69) is 82.5 Å². The Morgan fingerprint density at radius 2 is 1.61 bits per heavy atom. The zero-order valence-electron chi connectivity index (χ0n) is 16.6. The number of hydrogen-bond acceptors (Lipinski definition) is 5. The van der Waals surface area contributed by atoms with Crippen LogP contribution in [0.15, 0.2) is 60.8 Å². The largest absolute Gasteiger partial charge is 0.368 e. The minimum atomic E-state index is 0.762. The number of nitrogens with one attached hydrogen (secondary N) is 1. The molecule has 0 amide bonds.